The van der Waals surface area contributed by atoms with Crippen LogP contribution in [0.1, 0.15) is 5.56 Å². The van der Waals surface area contributed by atoms with Gasteiger partial charge in [0.1, 0.15) is 11.5 Å². The molecule has 0 aliphatic heterocycles. The van der Waals surface area contributed by atoms with Gasteiger partial charge in [0.2, 0.25) is 11.8 Å². The molecule has 2 aromatic carbocycles. The van der Waals surface area contributed by atoms with Gasteiger partial charge in [0.25, 0.3) is 0 Å². The van der Waals surface area contributed by atoms with Crippen molar-refractivity contribution >= 4 is 17.5 Å². The molecular formula is C22H17ClF7N3O3. The summed E-state index contributed by atoms with van der Waals surface area (Å²) in [4.78, 5) is 8.88. The van der Waals surface area contributed by atoms with Crippen LogP contribution in [0.15, 0.2) is 60.8 Å². The van der Waals surface area contributed by atoms with Crippen LogP contribution >= 0.6 is 11.6 Å². The average Bonchev–Trinajstić information content (AvgIpc) is 2.78. The number of halogens is 8. The second-order valence-corrected chi connectivity index (χ2v) is 7.74. The number of aromatic nitrogens is 2. The van der Waals surface area contributed by atoms with Crippen molar-refractivity contribution in [2.45, 2.75) is 31.4 Å². The number of benzene rings is 2. The van der Waals surface area contributed by atoms with Crippen molar-refractivity contribution in [3.8, 4) is 17.4 Å². The van der Waals surface area contributed by atoms with Crippen molar-refractivity contribution in [1.82, 2.24) is 9.97 Å². The number of hydrogen-bond acceptors (Lipinski definition) is 6. The summed E-state index contributed by atoms with van der Waals surface area (Å²) < 4.78 is 100. The topological polar surface area (TPSA) is 67.7 Å². The summed E-state index contributed by atoms with van der Waals surface area (Å²) in [5.41, 5.74) is 0.0803. The minimum atomic E-state index is -4.99. The molecule has 36 heavy (non-hydrogen) atoms. The molecule has 1 N–H and O–H groups in total. The van der Waals surface area contributed by atoms with Crippen molar-refractivity contribution in [3.63, 3.8) is 0 Å². The maximum Gasteiger partial charge on any atom is 0.461 e. The molecule has 1 aromatic heterocycles. The molecule has 0 saturated heterocycles. The van der Waals surface area contributed by atoms with Crippen LogP contribution in [0, 0.1) is 0 Å². The first-order valence-electron chi connectivity index (χ1n) is 10.0. The Hall–Kier alpha value is -3.32. The first kappa shape index (κ1) is 27.3. The van der Waals surface area contributed by atoms with Gasteiger partial charge in [0.15, 0.2) is 6.10 Å². The third-order valence-corrected chi connectivity index (χ3v) is 4.70. The lowest BCUT2D eigenvalue weighted by Gasteiger charge is -2.27. The Balaban J connectivity index is 1.88. The molecule has 1 atom stereocenters. The summed E-state index contributed by atoms with van der Waals surface area (Å²) in [5.74, 6) is -0.739. The molecule has 1 heterocycles. The molecule has 194 valence electrons. The Morgan fingerprint density at radius 3 is 2.33 bits per heavy atom. The first-order valence-corrected chi connectivity index (χ1v) is 10.4. The largest absolute Gasteiger partial charge is 0.461 e. The van der Waals surface area contributed by atoms with Gasteiger partial charge in [-0.25, -0.2) is 4.98 Å². The number of nitrogens with zero attached hydrogens (tertiary/aromatic N) is 3. The highest BCUT2D eigenvalue weighted by Crippen LogP contribution is 2.30. The predicted molar refractivity (Wildman–Crippen MR) is 115 cm³/mol. The van der Waals surface area contributed by atoms with E-state index in [4.69, 9.17) is 16.3 Å². The fourth-order valence-electron chi connectivity index (χ4n) is 2.85. The van der Waals surface area contributed by atoms with Crippen LogP contribution in [-0.4, -0.2) is 46.4 Å². The van der Waals surface area contributed by atoms with Gasteiger partial charge in [0, 0.05) is 23.8 Å². The van der Waals surface area contributed by atoms with E-state index in [-0.39, 0.29) is 23.1 Å². The van der Waals surface area contributed by atoms with Gasteiger partial charge >= 0.3 is 18.7 Å². The summed E-state index contributed by atoms with van der Waals surface area (Å²) >= 11 is 5.90. The molecule has 0 bridgehead atoms. The van der Waals surface area contributed by atoms with Crippen LogP contribution in [0.3, 0.4) is 0 Å². The number of ether oxygens (including phenoxy) is 2. The first-order chi connectivity index (χ1) is 16.8. The van der Waals surface area contributed by atoms with E-state index in [1.807, 2.05) is 0 Å². The van der Waals surface area contributed by atoms with Gasteiger partial charge in [-0.15, -0.1) is 0 Å². The van der Waals surface area contributed by atoms with E-state index in [0.29, 0.717) is 5.02 Å². The molecule has 1 unspecified atom stereocenters. The summed E-state index contributed by atoms with van der Waals surface area (Å²) in [6.45, 7) is -1.48. The Labute approximate surface area is 204 Å². The van der Waals surface area contributed by atoms with Crippen molar-refractivity contribution < 1.29 is 45.3 Å². The number of aliphatic hydroxyl groups is 1. The normalized spacial score (nSPS) is 12.9. The predicted octanol–water partition coefficient (Wildman–Crippen LogP) is 6.09. The second kappa shape index (κ2) is 11.2. The highest BCUT2D eigenvalue weighted by atomic mass is 35.5. The molecule has 0 aliphatic carbocycles. The van der Waals surface area contributed by atoms with Gasteiger partial charge in [-0.2, -0.15) is 35.7 Å². The Bertz CT molecular complexity index is 1170. The minimum Gasteiger partial charge on any atom is -0.439 e. The maximum atomic E-state index is 13.3. The molecule has 3 aromatic rings. The van der Waals surface area contributed by atoms with Crippen LogP contribution in [0.25, 0.3) is 0 Å². The lowest BCUT2D eigenvalue weighted by molar-refractivity contribution is -0.253. The summed E-state index contributed by atoms with van der Waals surface area (Å²) in [7, 11) is 0. The Morgan fingerprint density at radius 2 is 1.67 bits per heavy atom. The van der Waals surface area contributed by atoms with Crippen LogP contribution in [0.4, 0.5) is 36.7 Å². The molecular weight excluding hydrogens is 523 g/mol. The van der Waals surface area contributed by atoms with Gasteiger partial charge in [-0.1, -0.05) is 29.8 Å². The molecule has 0 aliphatic rings. The molecule has 3 rings (SSSR count). The third-order valence-electron chi connectivity index (χ3n) is 4.47. The van der Waals surface area contributed by atoms with E-state index in [9.17, 15) is 35.8 Å². The van der Waals surface area contributed by atoms with Gasteiger partial charge in [0.05, 0.1) is 6.54 Å². The van der Waals surface area contributed by atoms with Crippen LogP contribution < -0.4 is 14.4 Å². The van der Waals surface area contributed by atoms with E-state index in [1.165, 1.54) is 30.5 Å². The number of alkyl halides is 7. The fraction of sp³-hybridized carbons (Fsp3) is 0.273. The average molecular weight is 540 g/mol. The Kier molecular flexibility index (Phi) is 8.46. The second-order valence-electron chi connectivity index (χ2n) is 7.30. The molecule has 0 fully saturated rings. The SMILES string of the molecule is OC(CN(Cc1cccc(OC(F)(F)C(F)F)c1)c1nccc(Oc2cccc(Cl)c2)n1)C(F)(F)F. The van der Waals surface area contributed by atoms with Gasteiger partial charge in [-0.05, 0) is 35.9 Å². The quantitative estimate of drug-likeness (QED) is 0.315. The number of hydrogen-bond donors (Lipinski definition) is 1. The minimum absolute atomic E-state index is 0.0672. The lowest BCUT2D eigenvalue weighted by atomic mass is 10.2. The highest BCUT2D eigenvalue weighted by Gasteiger charge is 2.44. The molecule has 0 saturated carbocycles. The van der Waals surface area contributed by atoms with E-state index in [1.54, 1.807) is 18.2 Å². The molecule has 14 heteroatoms. The summed E-state index contributed by atoms with van der Waals surface area (Å²) in [6.07, 6.45) is -15.5. The molecule has 6 nitrogen and oxygen atoms in total. The van der Waals surface area contributed by atoms with Crippen molar-refractivity contribution in [2.75, 3.05) is 11.4 Å². The van der Waals surface area contributed by atoms with Gasteiger partial charge < -0.3 is 19.5 Å². The third kappa shape index (κ3) is 7.59. The zero-order valence-electron chi connectivity index (χ0n) is 18.0. The smallest absolute Gasteiger partial charge is 0.439 e. The fourth-order valence-corrected chi connectivity index (χ4v) is 3.03. The van der Waals surface area contributed by atoms with Crippen LogP contribution in [-0.2, 0) is 6.54 Å². The summed E-state index contributed by atoms with van der Waals surface area (Å²) in [5, 5.41) is 9.98. The zero-order valence-corrected chi connectivity index (χ0v) is 18.7. The van der Waals surface area contributed by atoms with E-state index >= 15 is 0 Å². The lowest BCUT2D eigenvalue weighted by Crippen LogP contribution is -2.41. The highest BCUT2D eigenvalue weighted by molar-refractivity contribution is 6.30. The Morgan fingerprint density at radius 1 is 0.972 bits per heavy atom. The van der Waals surface area contributed by atoms with Crippen molar-refractivity contribution in [3.05, 3.63) is 71.4 Å². The van der Waals surface area contributed by atoms with E-state index < -0.39 is 43.7 Å². The van der Waals surface area contributed by atoms with Gasteiger partial charge in [-0.3, -0.25) is 0 Å². The van der Waals surface area contributed by atoms with Crippen molar-refractivity contribution in [2.24, 2.45) is 0 Å². The van der Waals surface area contributed by atoms with E-state index in [2.05, 4.69) is 14.7 Å². The maximum absolute atomic E-state index is 13.3. The van der Waals surface area contributed by atoms with E-state index in [0.717, 1.165) is 17.0 Å². The summed E-state index contributed by atoms with van der Waals surface area (Å²) in [6, 6.07) is 12.0. The van der Waals surface area contributed by atoms with Crippen LogP contribution in [0.2, 0.25) is 5.02 Å². The zero-order chi connectivity index (χ0) is 26.5. The molecule has 0 radical (unpaired) electrons. The number of aliphatic hydroxyl groups excluding tert-OH is 1. The number of anilines is 1. The number of rotatable bonds is 10. The molecule has 0 amide bonds. The monoisotopic (exact) mass is 539 g/mol. The van der Waals surface area contributed by atoms with Crippen LogP contribution in [0.5, 0.6) is 17.4 Å². The van der Waals surface area contributed by atoms with Crippen molar-refractivity contribution in [1.29, 1.82) is 0 Å². The standard InChI is InChI=1S/C22H17ClF7N3O3/c23-14-4-2-5-15(10-14)35-18-7-8-31-20(32-18)33(12-17(34)21(26,27)28)11-13-3-1-6-16(9-13)36-22(29,30)19(24)25/h1-10,17,19,34H,11-12H2. The molecule has 0 spiro atoms.